The molecule has 0 saturated heterocycles. The first-order valence-electron chi connectivity index (χ1n) is 6.89. The van der Waals surface area contributed by atoms with E-state index in [-0.39, 0.29) is 12.5 Å². The van der Waals surface area contributed by atoms with E-state index in [4.69, 9.17) is 9.15 Å². The Morgan fingerprint density at radius 1 is 1.22 bits per heavy atom. The van der Waals surface area contributed by atoms with Gasteiger partial charge >= 0.3 is 0 Å². The smallest absolute Gasteiger partial charge is 0.277 e. The normalized spacial score (nSPS) is 11.0. The average Bonchev–Trinajstić information content (AvgIpc) is 3.08. The van der Waals surface area contributed by atoms with Gasteiger partial charge in [0.05, 0.1) is 17.0 Å². The van der Waals surface area contributed by atoms with Gasteiger partial charge in [-0.2, -0.15) is 5.10 Å². The minimum absolute atomic E-state index is 0.133. The second-order valence-electron chi connectivity index (χ2n) is 4.70. The molecule has 0 fully saturated rings. The van der Waals surface area contributed by atoms with Crippen LogP contribution < -0.4 is 10.2 Å². The maximum Gasteiger partial charge on any atom is 0.277 e. The molecular weight excluding hydrogens is 360 g/mol. The van der Waals surface area contributed by atoms with Gasteiger partial charge in [0.25, 0.3) is 5.91 Å². The lowest BCUT2D eigenvalue weighted by molar-refractivity contribution is -0.123. The topological polar surface area (TPSA) is 63.8 Å². The number of hydrogen-bond acceptors (Lipinski definition) is 4. The van der Waals surface area contributed by atoms with Crippen molar-refractivity contribution >= 4 is 38.8 Å². The Bertz CT molecular complexity index is 844. The molecule has 1 aromatic heterocycles. The van der Waals surface area contributed by atoms with Crippen molar-refractivity contribution in [1.29, 1.82) is 0 Å². The first kappa shape index (κ1) is 15.3. The molecule has 0 spiro atoms. The quantitative estimate of drug-likeness (QED) is 0.548. The van der Waals surface area contributed by atoms with Gasteiger partial charge in [-0.05, 0) is 44.9 Å². The van der Waals surface area contributed by atoms with Crippen LogP contribution in [0.5, 0.6) is 5.75 Å². The van der Waals surface area contributed by atoms with Crippen molar-refractivity contribution in [3.8, 4) is 5.75 Å². The Morgan fingerprint density at radius 2 is 2.09 bits per heavy atom. The van der Waals surface area contributed by atoms with Gasteiger partial charge in [0, 0.05) is 0 Å². The minimum atomic E-state index is -0.354. The third-order valence-electron chi connectivity index (χ3n) is 3.11. The van der Waals surface area contributed by atoms with Gasteiger partial charge in [-0.1, -0.05) is 30.3 Å². The zero-order valence-electron chi connectivity index (χ0n) is 12.0. The number of benzene rings is 2. The number of carbonyl (C=O) groups is 1. The molecule has 116 valence electrons. The van der Waals surface area contributed by atoms with Gasteiger partial charge in [0.2, 0.25) is 0 Å². The predicted octanol–water partition coefficient (Wildman–Crippen LogP) is 3.72. The maximum absolute atomic E-state index is 11.7. The van der Waals surface area contributed by atoms with E-state index in [0.717, 1.165) is 15.2 Å². The second-order valence-corrected chi connectivity index (χ2v) is 5.49. The van der Waals surface area contributed by atoms with Crippen LogP contribution in [0.4, 0.5) is 0 Å². The molecule has 0 aliphatic carbocycles. The van der Waals surface area contributed by atoms with E-state index in [1.165, 1.54) is 12.5 Å². The van der Waals surface area contributed by atoms with Crippen molar-refractivity contribution < 1.29 is 13.9 Å². The summed E-state index contributed by atoms with van der Waals surface area (Å²) < 4.78 is 11.4. The summed E-state index contributed by atoms with van der Waals surface area (Å²) in [4.78, 5) is 11.7. The lowest BCUT2D eigenvalue weighted by atomic mass is 10.1. The molecule has 0 aliphatic heterocycles. The number of hydrogen-bond donors (Lipinski definition) is 1. The lowest BCUT2D eigenvalue weighted by Crippen LogP contribution is -2.24. The molecule has 23 heavy (non-hydrogen) atoms. The van der Waals surface area contributed by atoms with E-state index in [2.05, 4.69) is 26.5 Å². The van der Waals surface area contributed by atoms with Gasteiger partial charge in [0.1, 0.15) is 11.5 Å². The Kier molecular flexibility index (Phi) is 4.73. The van der Waals surface area contributed by atoms with E-state index in [0.29, 0.717) is 11.5 Å². The van der Waals surface area contributed by atoms with Crippen LogP contribution in [0.2, 0.25) is 0 Å². The fourth-order valence-corrected chi connectivity index (χ4v) is 2.64. The summed E-state index contributed by atoms with van der Waals surface area (Å²) >= 11 is 3.51. The molecule has 0 radical (unpaired) electrons. The third-order valence-corrected chi connectivity index (χ3v) is 3.93. The Labute approximate surface area is 141 Å². The highest BCUT2D eigenvalue weighted by Crippen LogP contribution is 2.32. The number of halogens is 1. The van der Waals surface area contributed by atoms with Crippen LogP contribution in [0.3, 0.4) is 0 Å². The largest absolute Gasteiger partial charge is 0.483 e. The molecule has 1 heterocycles. The molecule has 3 aromatic rings. The number of rotatable bonds is 5. The van der Waals surface area contributed by atoms with E-state index in [9.17, 15) is 4.79 Å². The molecule has 2 aromatic carbocycles. The summed E-state index contributed by atoms with van der Waals surface area (Å²) in [6, 6.07) is 15.2. The van der Waals surface area contributed by atoms with Crippen LogP contribution in [0.1, 0.15) is 5.76 Å². The maximum atomic E-state index is 11.7. The first-order valence-corrected chi connectivity index (χ1v) is 7.69. The Hall–Kier alpha value is -2.60. The van der Waals surface area contributed by atoms with Gasteiger partial charge in [-0.15, -0.1) is 0 Å². The minimum Gasteiger partial charge on any atom is -0.483 e. The average molecular weight is 373 g/mol. The summed E-state index contributed by atoms with van der Waals surface area (Å²) in [6.07, 6.45) is 2.95. The predicted molar refractivity (Wildman–Crippen MR) is 91.6 cm³/mol. The van der Waals surface area contributed by atoms with Crippen molar-refractivity contribution in [3.63, 3.8) is 0 Å². The molecular formula is C17H13BrN2O3. The molecule has 1 N–H and O–H groups in total. The molecule has 1 amide bonds. The standard InChI is InChI=1S/C17H13BrN2O3/c18-17-14-6-2-1-4-12(14)7-8-15(17)23-11-16(21)20-19-10-13-5-3-9-22-13/h1-10H,11H2,(H,20,21)/b19-10-. The highest BCUT2D eigenvalue weighted by Gasteiger charge is 2.08. The summed E-state index contributed by atoms with van der Waals surface area (Å²) in [6.45, 7) is -0.133. The number of carbonyl (C=O) groups excluding carboxylic acids is 1. The van der Waals surface area contributed by atoms with Crippen molar-refractivity contribution in [2.75, 3.05) is 6.61 Å². The number of hydrazone groups is 1. The summed E-state index contributed by atoms with van der Waals surface area (Å²) in [7, 11) is 0. The van der Waals surface area contributed by atoms with Crippen LogP contribution in [-0.4, -0.2) is 18.7 Å². The van der Waals surface area contributed by atoms with Crippen molar-refractivity contribution in [3.05, 3.63) is 65.0 Å². The Balaban J connectivity index is 1.59. The van der Waals surface area contributed by atoms with E-state index in [1.807, 2.05) is 36.4 Å². The fraction of sp³-hybridized carbons (Fsp3) is 0.0588. The summed E-state index contributed by atoms with van der Waals surface area (Å²) in [5, 5.41) is 5.91. The van der Waals surface area contributed by atoms with Crippen LogP contribution in [0, 0.1) is 0 Å². The molecule has 5 nitrogen and oxygen atoms in total. The zero-order valence-corrected chi connectivity index (χ0v) is 13.6. The third kappa shape index (κ3) is 3.78. The second kappa shape index (κ2) is 7.11. The number of fused-ring (bicyclic) bond motifs is 1. The van der Waals surface area contributed by atoms with E-state index >= 15 is 0 Å². The van der Waals surface area contributed by atoms with Gasteiger partial charge in [-0.25, -0.2) is 5.43 Å². The number of ether oxygens (including phenoxy) is 1. The molecule has 0 atom stereocenters. The van der Waals surface area contributed by atoms with Crippen molar-refractivity contribution in [2.24, 2.45) is 5.10 Å². The first-order chi connectivity index (χ1) is 11.2. The molecule has 0 unspecified atom stereocenters. The molecule has 0 saturated carbocycles. The monoisotopic (exact) mass is 372 g/mol. The van der Waals surface area contributed by atoms with Crippen molar-refractivity contribution in [2.45, 2.75) is 0 Å². The number of nitrogens with one attached hydrogen (secondary N) is 1. The molecule has 0 bridgehead atoms. The Morgan fingerprint density at radius 3 is 2.91 bits per heavy atom. The zero-order chi connectivity index (χ0) is 16.1. The highest BCUT2D eigenvalue weighted by molar-refractivity contribution is 9.10. The lowest BCUT2D eigenvalue weighted by Gasteiger charge is -2.09. The van der Waals surface area contributed by atoms with Crippen LogP contribution in [-0.2, 0) is 4.79 Å². The SMILES string of the molecule is O=C(COc1ccc2ccccc2c1Br)N/N=C\c1ccco1. The number of nitrogens with zero attached hydrogens (tertiary/aromatic N) is 1. The van der Waals surface area contributed by atoms with Crippen molar-refractivity contribution in [1.82, 2.24) is 5.43 Å². The van der Waals surface area contributed by atoms with E-state index in [1.54, 1.807) is 12.1 Å². The molecule has 3 rings (SSSR count). The number of amides is 1. The van der Waals surface area contributed by atoms with Gasteiger partial charge in [0.15, 0.2) is 6.61 Å². The van der Waals surface area contributed by atoms with Crippen LogP contribution in [0.15, 0.2) is 68.8 Å². The summed E-state index contributed by atoms with van der Waals surface area (Å²) in [5.41, 5.74) is 2.38. The molecule has 0 aliphatic rings. The van der Waals surface area contributed by atoms with E-state index < -0.39 is 0 Å². The van der Waals surface area contributed by atoms with Crippen LogP contribution in [0.25, 0.3) is 10.8 Å². The van der Waals surface area contributed by atoms with Gasteiger partial charge < -0.3 is 9.15 Å². The van der Waals surface area contributed by atoms with Gasteiger partial charge in [-0.3, -0.25) is 4.79 Å². The highest BCUT2D eigenvalue weighted by atomic mass is 79.9. The fourth-order valence-electron chi connectivity index (χ4n) is 2.03. The molecule has 6 heteroatoms. The summed E-state index contributed by atoms with van der Waals surface area (Å²) in [5.74, 6) is 0.810. The number of furan rings is 1. The van der Waals surface area contributed by atoms with Crippen LogP contribution >= 0.6 is 15.9 Å².